The van der Waals surface area contributed by atoms with E-state index in [-0.39, 0.29) is 11.1 Å². The lowest BCUT2D eigenvalue weighted by Crippen LogP contribution is -2.07. The van der Waals surface area contributed by atoms with E-state index in [1.54, 1.807) is 30.3 Å². The summed E-state index contributed by atoms with van der Waals surface area (Å²) < 4.78 is 22.0. The molecule has 0 atom stereocenters. The molecule has 0 bridgehead atoms. The van der Waals surface area contributed by atoms with E-state index in [4.69, 9.17) is 5.11 Å². The standard InChI is InChI=1S/C14H9IO6/c16-13(17)10-7-12(15(20)21)11(14(18)19)6-9(10)8-4-2-1-3-5-8/h1-7H,(H,16,17)(H,18,19). The van der Waals surface area contributed by atoms with Gasteiger partial charge in [-0.1, -0.05) is 30.3 Å². The molecule has 0 aliphatic carbocycles. The van der Waals surface area contributed by atoms with Crippen molar-refractivity contribution in [3.8, 4) is 11.1 Å². The summed E-state index contributed by atoms with van der Waals surface area (Å²) in [4.78, 5) is 22.5. The average Bonchev–Trinajstić information content (AvgIpc) is 2.46. The van der Waals surface area contributed by atoms with Crippen LogP contribution < -0.4 is 0 Å². The second-order valence-electron chi connectivity index (χ2n) is 4.07. The first-order valence-corrected chi connectivity index (χ1v) is 8.51. The van der Waals surface area contributed by atoms with Crippen molar-refractivity contribution in [1.29, 1.82) is 0 Å². The number of hydrogen-bond acceptors (Lipinski definition) is 4. The molecule has 0 heterocycles. The normalized spacial score (nSPS) is 10.5. The minimum atomic E-state index is -4.13. The Hall–Kier alpha value is -2.29. The molecule has 0 spiro atoms. The fraction of sp³-hybridized carbons (Fsp3) is 0. The van der Waals surface area contributed by atoms with Gasteiger partial charge in [0, 0.05) is 0 Å². The van der Waals surface area contributed by atoms with Crippen molar-refractivity contribution in [2.45, 2.75) is 0 Å². The van der Waals surface area contributed by atoms with Crippen LogP contribution in [0.2, 0.25) is 0 Å². The highest BCUT2D eigenvalue weighted by Gasteiger charge is 2.21. The third-order valence-corrected chi connectivity index (χ3v) is 4.66. The zero-order chi connectivity index (χ0) is 15.6. The van der Waals surface area contributed by atoms with Crippen LogP contribution in [-0.2, 0) is 6.14 Å². The van der Waals surface area contributed by atoms with Crippen molar-refractivity contribution >= 4 is 31.7 Å². The molecular weight excluding hydrogens is 391 g/mol. The number of carboxylic acids is 2. The summed E-state index contributed by atoms with van der Waals surface area (Å²) in [6.45, 7) is 0. The third-order valence-electron chi connectivity index (χ3n) is 2.82. The molecule has 108 valence electrons. The molecule has 7 heteroatoms. The molecule has 2 aromatic carbocycles. The van der Waals surface area contributed by atoms with Gasteiger partial charge in [0.05, 0.1) is 14.7 Å². The third kappa shape index (κ3) is 3.07. The highest BCUT2D eigenvalue weighted by molar-refractivity contribution is 14.2. The summed E-state index contributed by atoms with van der Waals surface area (Å²) in [7, 11) is 0. The highest BCUT2D eigenvalue weighted by Crippen LogP contribution is 2.31. The van der Waals surface area contributed by atoms with Gasteiger partial charge in [0.15, 0.2) is 0 Å². The van der Waals surface area contributed by atoms with Gasteiger partial charge < -0.3 is 10.2 Å². The van der Waals surface area contributed by atoms with Gasteiger partial charge >= 0.3 is 31.7 Å². The van der Waals surface area contributed by atoms with Gasteiger partial charge in [-0.3, -0.25) is 0 Å². The van der Waals surface area contributed by atoms with Crippen molar-refractivity contribution < 1.29 is 25.9 Å². The Morgan fingerprint density at radius 3 is 1.90 bits per heavy atom. The van der Waals surface area contributed by atoms with E-state index in [1.165, 1.54) is 0 Å². The van der Waals surface area contributed by atoms with Crippen LogP contribution in [0.1, 0.15) is 20.7 Å². The maximum Gasteiger partial charge on any atom is 0.341 e. The summed E-state index contributed by atoms with van der Waals surface area (Å²) in [6, 6.07) is 10.3. The molecule has 0 aromatic heterocycles. The Balaban J connectivity index is 2.84. The molecule has 0 amide bonds. The van der Waals surface area contributed by atoms with Gasteiger partial charge in [0.1, 0.15) is 0 Å². The van der Waals surface area contributed by atoms with Gasteiger partial charge in [-0.15, -0.1) is 0 Å². The van der Waals surface area contributed by atoms with Crippen LogP contribution in [0.4, 0.5) is 0 Å². The van der Waals surface area contributed by atoms with E-state index in [9.17, 15) is 20.8 Å². The minimum Gasteiger partial charge on any atom is -0.478 e. The second kappa shape index (κ2) is 6.00. The van der Waals surface area contributed by atoms with Crippen molar-refractivity contribution in [1.82, 2.24) is 0 Å². The first kappa shape index (κ1) is 15.1. The van der Waals surface area contributed by atoms with E-state index >= 15 is 0 Å². The Bertz CT molecular complexity index is 785. The Morgan fingerprint density at radius 1 is 0.857 bits per heavy atom. The fourth-order valence-corrected chi connectivity index (χ4v) is 3.32. The van der Waals surface area contributed by atoms with Gasteiger partial charge in [0.25, 0.3) is 0 Å². The molecule has 6 nitrogen and oxygen atoms in total. The fourth-order valence-electron chi connectivity index (χ4n) is 1.90. The maximum atomic E-state index is 11.3. The second-order valence-corrected chi connectivity index (χ2v) is 6.47. The summed E-state index contributed by atoms with van der Waals surface area (Å²) in [5.41, 5.74) is 0.0207. The predicted octanol–water partition coefficient (Wildman–Crippen LogP) is 3.12. The number of carboxylic acid groups (broad SMARTS) is 2. The van der Waals surface area contributed by atoms with Gasteiger partial charge in [-0.2, -0.15) is 0 Å². The monoisotopic (exact) mass is 400 g/mol. The molecule has 0 unspecified atom stereocenters. The molecule has 0 fully saturated rings. The Morgan fingerprint density at radius 2 is 1.43 bits per heavy atom. The number of halogens is 1. The molecule has 2 aromatic rings. The molecule has 0 saturated heterocycles. The lowest BCUT2D eigenvalue weighted by molar-refractivity contribution is 0.0681. The first-order chi connectivity index (χ1) is 9.91. The van der Waals surface area contributed by atoms with Gasteiger partial charge in [0.2, 0.25) is 0 Å². The smallest absolute Gasteiger partial charge is 0.341 e. The van der Waals surface area contributed by atoms with Crippen LogP contribution in [0.15, 0.2) is 42.5 Å². The largest absolute Gasteiger partial charge is 0.478 e. The molecule has 0 aliphatic heterocycles. The zero-order valence-corrected chi connectivity index (χ0v) is 12.6. The molecule has 0 radical (unpaired) electrons. The van der Waals surface area contributed by atoms with Crippen LogP contribution in [0.5, 0.6) is 0 Å². The molecule has 2 rings (SSSR count). The van der Waals surface area contributed by atoms with E-state index in [2.05, 4.69) is 0 Å². The minimum absolute atomic E-state index is 0.168. The number of rotatable bonds is 4. The van der Waals surface area contributed by atoms with Crippen LogP contribution in [0, 0.1) is 3.57 Å². The highest BCUT2D eigenvalue weighted by atomic mass is 127. The van der Waals surface area contributed by atoms with Gasteiger partial charge in [-0.25, -0.2) is 15.7 Å². The quantitative estimate of drug-likeness (QED) is 0.764. The van der Waals surface area contributed by atoms with Crippen molar-refractivity contribution in [2.24, 2.45) is 0 Å². The van der Waals surface area contributed by atoms with E-state index < -0.39 is 40.9 Å². The van der Waals surface area contributed by atoms with Crippen LogP contribution in [0.3, 0.4) is 0 Å². The summed E-state index contributed by atoms with van der Waals surface area (Å²) in [6.07, 6.45) is 0. The molecule has 21 heavy (non-hydrogen) atoms. The summed E-state index contributed by atoms with van der Waals surface area (Å²) in [5.74, 6) is -2.72. The maximum absolute atomic E-state index is 11.3. The Labute approximate surface area is 126 Å². The number of carbonyl (C=O) groups is 2. The SMILES string of the molecule is O=C(O)c1cc(I(=O)=O)c(C(=O)O)cc1-c1ccccc1. The topological polar surface area (TPSA) is 109 Å². The van der Waals surface area contributed by atoms with Crippen molar-refractivity contribution in [2.75, 3.05) is 0 Å². The van der Waals surface area contributed by atoms with Crippen molar-refractivity contribution in [3.63, 3.8) is 0 Å². The lowest BCUT2D eigenvalue weighted by Gasteiger charge is -2.09. The van der Waals surface area contributed by atoms with Gasteiger partial charge in [-0.05, 0) is 23.3 Å². The molecule has 2 N–H and O–H groups in total. The van der Waals surface area contributed by atoms with E-state index in [0.717, 1.165) is 12.1 Å². The molecular formula is C14H9IO6. The first-order valence-electron chi connectivity index (χ1n) is 5.67. The van der Waals surface area contributed by atoms with Crippen LogP contribution in [-0.4, -0.2) is 22.2 Å². The van der Waals surface area contributed by atoms with Crippen molar-refractivity contribution in [3.05, 3.63) is 57.2 Å². The molecule has 0 aliphatic rings. The van der Waals surface area contributed by atoms with Crippen LogP contribution >= 0.6 is 19.8 Å². The van der Waals surface area contributed by atoms with E-state index in [0.29, 0.717) is 5.56 Å². The number of hydrogen-bond donors (Lipinski definition) is 2. The van der Waals surface area contributed by atoms with E-state index in [1.807, 2.05) is 0 Å². The molecule has 0 saturated carbocycles. The summed E-state index contributed by atoms with van der Waals surface area (Å²) in [5, 5.41) is 18.3. The number of benzene rings is 2. The predicted molar refractivity (Wildman–Crippen MR) is 79.9 cm³/mol. The summed E-state index contributed by atoms with van der Waals surface area (Å²) >= 11 is -4.13. The Kier molecular flexibility index (Phi) is 4.32. The average molecular weight is 400 g/mol. The number of aromatic carboxylic acids is 2. The zero-order valence-electron chi connectivity index (χ0n) is 10.4. The van der Waals surface area contributed by atoms with Crippen LogP contribution in [0.25, 0.3) is 11.1 Å². The lowest BCUT2D eigenvalue weighted by atomic mass is 9.97.